The van der Waals surface area contributed by atoms with Crippen molar-refractivity contribution in [3.8, 4) is 10.6 Å². The van der Waals surface area contributed by atoms with Gasteiger partial charge in [0.05, 0.1) is 23.1 Å². The molecule has 32 heavy (non-hydrogen) atoms. The lowest BCUT2D eigenvalue weighted by atomic mass is 9.99. The number of carbonyl (C=O) groups is 1. The first-order valence-electron chi connectivity index (χ1n) is 10.5. The molecule has 10 heteroatoms. The summed E-state index contributed by atoms with van der Waals surface area (Å²) in [5.74, 6) is 0.689. The van der Waals surface area contributed by atoms with Crippen LogP contribution in [0.5, 0.6) is 0 Å². The minimum absolute atomic E-state index is 0.112. The summed E-state index contributed by atoms with van der Waals surface area (Å²) in [7, 11) is 2.88. The molecule has 2 unspecified atom stereocenters. The number of amides is 1. The maximum atomic E-state index is 15.0. The van der Waals surface area contributed by atoms with Crippen LogP contribution >= 0.6 is 43.2 Å². The summed E-state index contributed by atoms with van der Waals surface area (Å²) in [6, 6.07) is 7.28. The van der Waals surface area contributed by atoms with E-state index in [1.807, 2.05) is 18.2 Å². The van der Waals surface area contributed by atoms with Crippen LogP contribution in [0.15, 0.2) is 36.7 Å². The van der Waals surface area contributed by atoms with E-state index in [1.165, 1.54) is 11.3 Å². The first-order chi connectivity index (χ1) is 15.5. The number of hydrogen-bond acceptors (Lipinski definition) is 6. The zero-order valence-corrected chi connectivity index (χ0v) is 21.4. The van der Waals surface area contributed by atoms with E-state index in [-0.39, 0.29) is 5.91 Å². The van der Waals surface area contributed by atoms with Gasteiger partial charge in [0.25, 0.3) is 5.91 Å². The second-order valence-corrected chi connectivity index (χ2v) is 12.5. The molecule has 1 amide bonds. The van der Waals surface area contributed by atoms with Crippen molar-refractivity contribution in [2.45, 2.75) is 22.9 Å². The van der Waals surface area contributed by atoms with Gasteiger partial charge in [-0.1, -0.05) is 22.6 Å². The highest BCUT2D eigenvalue weighted by molar-refractivity contribution is 14.1. The van der Waals surface area contributed by atoms with Crippen LogP contribution in [-0.4, -0.2) is 44.2 Å². The fraction of sp³-hybridized carbons (Fsp3) is 0.364. The van der Waals surface area contributed by atoms with E-state index in [2.05, 4.69) is 51.7 Å². The number of nitrogens with zero attached hydrogens (tertiary/aromatic N) is 5. The van der Waals surface area contributed by atoms with Crippen LogP contribution in [0.1, 0.15) is 28.2 Å². The normalized spacial score (nSPS) is 18.0. The van der Waals surface area contributed by atoms with Gasteiger partial charge in [0.2, 0.25) is 5.95 Å². The molecule has 0 N–H and O–H groups in total. The van der Waals surface area contributed by atoms with Gasteiger partial charge in [-0.25, -0.2) is 9.97 Å². The van der Waals surface area contributed by atoms with Crippen LogP contribution in [0.25, 0.3) is 10.6 Å². The largest absolute Gasteiger partial charge is 0.357 e. The fourth-order valence-corrected chi connectivity index (χ4v) is 6.39. The molecule has 3 aromatic rings. The van der Waals surface area contributed by atoms with Gasteiger partial charge < -0.3 is 9.80 Å². The zero-order chi connectivity index (χ0) is 22.2. The van der Waals surface area contributed by atoms with Crippen molar-refractivity contribution < 1.29 is 9.18 Å². The first kappa shape index (κ1) is 22.1. The summed E-state index contributed by atoms with van der Waals surface area (Å²) in [6.45, 7) is 2.30. The van der Waals surface area contributed by atoms with Gasteiger partial charge in [0.15, 0.2) is 0 Å². The topological polar surface area (TPSA) is 62.2 Å². The molecule has 2 aliphatic rings. The molecule has 0 aliphatic carbocycles. The van der Waals surface area contributed by atoms with Gasteiger partial charge >= 0.3 is 0 Å². The maximum absolute atomic E-state index is 15.0. The SMILES string of the molecule is O=C1c2sc(-c3ccc(N4CCC(C(P)I)CC4)nc3F)nc2CCN1c1cccnc1. The quantitative estimate of drug-likeness (QED) is 0.192. The molecule has 0 spiro atoms. The molecular weight excluding hydrogens is 559 g/mol. The fourth-order valence-electron chi connectivity index (χ4n) is 4.21. The second kappa shape index (κ2) is 9.27. The molecule has 0 bridgehead atoms. The van der Waals surface area contributed by atoms with Gasteiger partial charge in [0, 0.05) is 35.9 Å². The Morgan fingerprint density at radius 2 is 2.00 bits per heavy atom. The van der Waals surface area contributed by atoms with Crippen LogP contribution in [0.4, 0.5) is 15.9 Å². The van der Waals surface area contributed by atoms with Crippen molar-refractivity contribution >= 4 is 60.6 Å². The number of anilines is 2. The molecule has 5 heterocycles. The van der Waals surface area contributed by atoms with Crippen molar-refractivity contribution in [3.05, 3.63) is 53.2 Å². The lowest BCUT2D eigenvalue weighted by molar-refractivity contribution is 0.0984. The van der Waals surface area contributed by atoms with Crippen molar-refractivity contribution in [2.24, 2.45) is 5.92 Å². The highest BCUT2D eigenvalue weighted by Gasteiger charge is 2.30. The van der Waals surface area contributed by atoms with E-state index in [0.29, 0.717) is 43.8 Å². The van der Waals surface area contributed by atoms with E-state index in [0.717, 1.165) is 37.3 Å². The van der Waals surface area contributed by atoms with Crippen molar-refractivity contribution in [3.63, 3.8) is 0 Å². The number of alkyl halides is 1. The number of pyridine rings is 2. The Morgan fingerprint density at radius 3 is 2.69 bits per heavy atom. The monoisotopic (exact) mass is 581 g/mol. The van der Waals surface area contributed by atoms with Gasteiger partial charge in [-0.2, -0.15) is 4.39 Å². The molecule has 2 atom stereocenters. The van der Waals surface area contributed by atoms with Crippen LogP contribution in [0, 0.1) is 11.9 Å². The van der Waals surface area contributed by atoms with E-state index < -0.39 is 5.95 Å². The molecule has 0 aromatic carbocycles. The first-order valence-corrected chi connectivity index (χ1v) is 13.3. The molecule has 0 saturated carbocycles. The lowest BCUT2D eigenvalue weighted by Crippen LogP contribution is -2.36. The number of piperidine rings is 1. The molecular formula is C22H22FIN5OPS. The summed E-state index contributed by atoms with van der Waals surface area (Å²) in [4.78, 5) is 30.4. The Morgan fingerprint density at radius 1 is 1.19 bits per heavy atom. The average Bonchev–Trinajstić information content (AvgIpc) is 3.25. The minimum atomic E-state index is -0.537. The molecule has 2 aliphatic heterocycles. The molecule has 6 nitrogen and oxygen atoms in total. The summed E-state index contributed by atoms with van der Waals surface area (Å²) in [5, 5.41) is 0.502. The number of aromatic nitrogens is 3. The summed E-state index contributed by atoms with van der Waals surface area (Å²) >= 11 is 3.69. The third-order valence-corrected chi connectivity index (χ3v) is 8.73. The zero-order valence-electron chi connectivity index (χ0n) is 17.2. The molecule has 1 saturated heterocycles. The van der Waals surface area contributed by atoms with Crippen LogP contribution < -0.4 is 9.80 Å². The number of thiazole rings is 1. The predicted molar refractivity (Wildman–Crippen MR) is 137 cm³/mol. The second-order valence-electron chi connectivity index (χ2n) is 7.99. The van der Waals surface area contributed by atoms with Gasteiger partial charge in [-0.15, -0.1) is 20.6 Å². The average molecular weight is 581 g/mol. The van der Waals surface area contributed by atoms with Crippen LogP contribution in [0.3, 0.4) is 0 Å². The van der Waals surface area contributed by atoms with Crippen molar-refractivity contribution in [2.75, 3.05) is 29.4 Å². The molecule has 3 aromatic heterocycles. The minimum Gasteiger partial charge on any atom is -0.357 e. The third kappa shape index (κ3) is 4.26. The van der Waals surface area contributed by atoms with Crippen molar-refractivity contribution in [1.29, 1.82) is 0 Å². The van der Waals surface area contributed by atoms with E-state index in [1.54, 1.807) is 23.4 Å². The highest BCUT2D eigenvalue weighted by atomic mass is 127. The summed E-state index contributed by atoms with van der Waals surface area (Å²) < 4.78 is 15.6. The Kier molecular flexibility index (Phi) is 6.40. The van der Waals surface area contributed by atoms with Crippen molar-refractivity contribution in [1.82, 2.24) is 15.0 Å². The van der Waals surface area contributed by atoms with E-state index in [9.17, 15) is 4.79 Å². The number of rotatable bonds is 4. The number of hydrogen-bond donors (Lipinski definition) is 0. The van der Waals surface area contributed by atoms with Gasteiger partial charge in [-0.05, 0) is 43.0 Å². The molecule has 166 valence electrons. The maximum Gasteiger partial charge on any atom is 0.270 e. The standard InChI is InChI=1S/C22H22FIN5OPS/c23-19-15(3-4-17(27-19)28-9-5-13(6-10-28)20(24)31)21-26-16-7-11-29(22(30)18(16)32-21)14-2-1-8-25-12-14/h1-4,8,12-13,20H,5-7,9-11,31H2. The number of carbonyl (C=O) groups excluding carboxylic acids is 1. The Labute approximate surface area is 206 Å². The summed E-state index contributed by atoms with van der Waals surface area (Å²) in [6.07, 6.45) is 6.14. The van der Waals surface area contributed by atoms with E-state index >= 15 is 4.39 Å². The van der Waals surface area contributed by atoms with Gasteiger partial charge in [0.1, 0.15) is 15.7 Å². The Bertz CT molecular complexity index is 1140. The number of halogens is 2. The van der Waals surface area contributed by atoms with E-state index in [4.69, 9.17) is 0 Å². The van der Waals surface area contributed by atoms with Crippen LogP contribution in [-0.2, 0) is 6.42 Å². The Hall–Kier alpha value is -1.71. The molecule has 5 rings (SSSR count). The van der Waals surface area contributed by atoms with Gasteiger partial charge in [-0.3, -0.25) is 9.78 Å². The predicted octanol–water partition coefficient (Wildman–Crippen LogP) is 4.79. The smallest absolute Gasteiger partial charge is 0.270 e. The molecule has 1 fully saturated rings. The third-order valence-electron chi connectivity index (χ3n) is 6.04. The summed E-state index contributed by atoms with van der Waals surface area (Å²) in [5.41, 5.74) is 1.84. The highest BCUT2D eigenvalue weighted by Crippen LogP contribution is 2.35. The lowest BCUT2D eigenvalue weighted by Gasteiger charge is -2.34. The number of fused-ring (bicyclic) bond motifs is 1. The molecule has 0 radical (unpaired) electrons. The van der Waals surface area contributed by atoms with Crippen LogP contribution in [0.2, 0.25) is 0 Å². The Balaban J connectivity index is 1.36.